The van der Waals surface area contributed by atoms with Crippen molar-refractivity contribution in [2.24, 2.45) is 0 Å². The Hall–Kier alpha value is -0.0400. The van der Waals surface area contributed by atoms with Gasteiger partial charge in [0.05, 0.1) is 5.60 Å². The van der Waals surface area contributed by atoms with Crippen molar-refractivity contribution in [1.29, 1.82) is 0 Å². The maximum atomic E-state index is 11.2. The molecule has 1 heteroatoms. The van der Waals surface area contributed by atoms with Gasteiger partial charge in [0.25, 0.3) is 0 Å². The van der Waals surface area contributed by atoms with Crippen LogP contribution in [0.15, 0.2) is 0 Å². The van der Waals surface area contributed by atoms with Crippen LogP contribution in [0.5, 0.6) is 0 Å². The van der Waals surface area contributed by atoms with E-state index in [1.807, 2.05) is 0 Å². The summed E-state index contributed by atoms with van der Waals surface area (Å²) >= 11 is 0. The van der Waals surface area contributed by atoms with Crippen LogP contribution in [0.25, 0.3) is 0 Å². The Kier molecular flexibility index (Phi) is 19.7. The number of rotatable bonds is 21. The molecule has 0 heterocycles. The summed E-state index contributed by atoms with van der Waals surface area (Å²) < 4.78 is 0. The largest absolute Gasteiger partial charge is 0.390 e. The highest BCUT2D eigenvalue weighted by Crippen LogP contribution is 2.29. The van der Waals surface area contributed by atoms with Crippen LogP contribution >= 0.6 is 0 Å². The summed E-state index contributed by atoms with van der Waals surface area (Å²) in [5.41, 5.74) is -0.361. The summed E-state index contributed by atoms with van der Waals surface area (Å²) in [5.74, 6) is 0. The van der Waals surface area contributed by atoms with Gasteiger partial charge < -0.3 is 5.11 Å². The van der Waals surface area contributed by atoms with Gasteiger partial charge in [-0.25, -0.2) is 0 Å². The molecule has 0 saturated carbocycles. The van der Waals surface area contributed by atoms with E-state index in [0.29, 0.717) is 0 Å². The summed E-state index contributed by atoms with van der Waals surface area (Å²) in [6.45, 7) is 6.83. The first kappa shape index (κ1) is 26.0. The van der Waals surface area contributed by atoms with Gasteiger partial charge in [-0.3, -0.25) is 0 Å². The molecular weight excluding hydrogens is 316 g/mol. The maximum Gasteiger partial charge on any atom is 0.0647 e. The lowest BCUT2D eigenvalue weighted by Gasteiger charge is -2.29. The quantitative estimate of drug-likeness (QED) is 0.200. The number of hydrogen-bond acceptors (Lipinski definition) is 1. The van der Waals surface area contributed by atoms with Gasteiger partial charge in [0.1, 0.15) is 0 Å². The lowest BCUT2D eigenvalue weighted by atomic mass is 9.85. The molecule has 0 aliphatic rings. The molecule has 0 aromatic rings. The first-order chi connectivity index (χ1) is 12.7. The van der Waals surface area contributed by atoms with Crippen molar-refractivity contribution >= 4 is 0 Å². The van der Waals surface area contributed by atoms with Crippen molar-refractivity contribution in [3.8, 4) is 0 Å². The molecule has 1 nitrogen and oxygen atoms in total. The molecule has 0 radical (unpaired) electrons. The molecule has 0 spiro atoms. The van der Waals surface area contributed by atoms with Crippen molar-refractivity contribution < 1.29 is 5.11 Å². The Morgan fingerprint density at radius 3 is 0.885 bits per heavy atom. The second-order valence-electron chi connectivity index (χ2n) is 8.78. The van der Waals surface area contributed by atoms with Gasteiger partial charge in [-0.1, -0.05) is 136 Å². The van der Waals surface area contributed by atoms with Crippen LogP contribution in [0.3, 0.4) is 0 Å². The zero-order valence-electron chi connectivity index (χ0n) is 18.8. The highest BCUT2D eigenvalue weighted by molar-refractivity contribution is 4.78. The maximum absolute atomic E-state index is 11.2. The van der Waals surface area contributed by atoms with Gasteiger partial charge in [-0.2, -0.15) is 0 Å². The van der Waals surface area contributed by atoms with Crippen LogP contribution in [0, 0.1) is 0 Å². The Labute approximate surface area is 166 Å². The van der Waals surface area contributed by atoms with Crippen LogP contribution in [0.1, 0.15) is 156 Å². The minimum absolute atomic E-state index is 0.361. The molecule has 26 heavy (non-hydrogen) atoms. The fourth-order valence-electron chi connectivity index (χ4n) is 4.08. The first-order valence-electron chi connectivity index (χ1n) is 12.4. The highest BCUT2D eigenvalue weighted by Gasteiger charge is 2.25. The van der Waals surface area contributed by atoms with Crippen molar-refractivity contribution in [3.05, 3.63) is 0 Å². The predicted octanol–water partition coefficient (Wildman–Crippen LogP) is 8.97. The molecule has 0 saturated heterocycles. The average molecular weight is 369 g/mol. The van der Waals surface area contributed by atoms with Gasteiger partial charge in [0.2, 0.25) is 0 Å². The first-order valence-corrected chi connectivity index (χ1v) is 12.4. The molecule has 0 atom stereocenters. The predicted molar refractivity (Wildman–Crippen MR) is 119 cm³/mol. The third kappa shape index (κ3) is 17.4. The normalized spacial score (nSPS) is 12.0. The van der Waals surface area contributed by atoms with Crippen LogP contribution in [0.4, 0.5) is 0 Å². The molecule has 0 rings (SSSR count). The van der Waals surface area contributed by atoms with E-state index < -0.39 is 0 Å². The fourth-order valence-corrected chi connectivity index (χ4v) is 4.08. The van der Waals surface area contributed by atoms with Crippen LogP contribution < -0.4 is 0 Å². The van der Waals surface area contributed by atoms with Gasteiger partial charge >= 0.3 is 0 Å². The van der Waals surface area contributed by atoms with Crippen molar-refractivity contribution in [1.82, 2.24) is 0 Å². The number of hydrogen-bond donors (Lipinski definition) is 1. The Morgan fingerprint density at radius 1 is 0.385 bits per heavy atom. The highest BCUT2D eigenvalue weighted by atomic mass is 16.3. The van der Waals surface area contributed by atoms with Gasteiger partial charge in [0.15, 0.2) is 0 Å². The van der Waals surface area contributed by atoms with E-state index in [1.54, 1.807) is 0 Å². The summed E-state index contributed by atoms with van der Waals surface area (Å²) in [4.78, 5) is 0. The molecule has 0 bridgehead atoms. The minimum atomic E-state index is -0.361. The van der Waals surface area contributed by atoms with E-state index in [1.165, 1.54) is 116 Å². The zero-order chi connectivity index (χ0) is 19.3. The summed E-state index contributed by atoms with van der Waals surface area (Å²) in [5, 5.41) is 11.2. The van der Waals surface area contributed by atoms with E-state index in [9.17, 15) is 5.11 Å². The van der Waals surface area contributed by atoms with E-state index in [-0.39, 0.29) is 5.60 Å². The van der Waals surface area contributed by atoms with E-state index in [4.69, 9.17) is 0 Å². The topological polar surface area (TPSA) is 20.2 Å². The molecule has 0 aromatic carbocycles. The molecular formula is C25H52O. The van der Waals surface area contributed by atoms with E-state index in [2.05, 4.69) is 20.8 Å². The molecule has 0 amide bonds. The molecule has 0 aliphatic carbocycles. The molecule has 0 aromatic heterocycles. The van der Waals surface area contributed by atoms with Crippen LogP contribution in [0.2, 0.25) is 0 Å². The van der Waals surface area contributed by atoms with E-state index in [0.717, 1.165) is 19.3 Å². The van der Waals surface area contributed by atoms with E-state index >= 15 is 0 Å². The lowest BCUT2D eigenvalue weighted by Crippen LogP contribution is -2.28. The lowest BCUT2D eigenvalue weighted by molar-refractivity contribution is 0.00705. The Balaban J connectivity index is 4.02. The van der Waals surface area contributed by atoms with Gasteiger partial charge in [-0.15, -0.1) is 0 Å². The molecule has 0 aliphatic heterocycles. The fraction of sp³-hybridized carbons (Fsp3) is 1.00. The number of aliphatic hydroxyl groups is 1. The standard InChI is InChI=1S/C25H52O/c1-4-7-10-13-16-19-22-25(26,23-20-17-14-11-8-5-2)24-21-18-15-12-9-6-3/h26H,4-24H2,1-3H3. The second kappa shape index (κ2) is 19.7. The summed E-state index contributed by atoms with van der Waals surface area (Å²) in [7, 11) is 0. The van der Waals surface area contributed by atoms with Crippen LogP contribution in [-0.4, -0.2) is 10.7 Å². The third-order valence-electron chi connectivity index (χ3n) is 5.99. The molecule has 0 unspecified atom stereocenters. The second-order valence-corrected chi connectivity index (χ2v) is 8.78. The minimum Gasteiger partial charge on any atom is -0.390 e. The number of unbranched alkanes of at least 4 members (excludes halogenated alkanes) is 15. The third-order valence-corrected chi connectivity index (χ3v) is 5.99. The summed E-state index contributed by atoms with van der Waals surface area (Å²) in [6, 6.07) is 0. The monoisotopic (exact) mass is 368 g/mol. The average Bonchev–Trinajstić information content (AvgIpc) is 2.64. The molecule has 158 valence electrons. The Bertz CT molecular complexity index is 220. The SMILES string of the molecule is CCCCCCCCC(O)(CCCCCCCC)CCCCCCCC. The van der Waals surface area contributed by atoms with Crippen LogP contribution in [-0.2, 0) is 0 Å². The van der Waals surface area contributed by atoms with Gasteiger partial charge in [0, 0.05) is 0 Å². The smallest absolute Gasteiger partial charge is 0.0647 e. The van der Waals surface area contributed by atoms with Crippen molar-refractivity contribution in [2.45, 2.75) is 161 Å². The van der Waals surface area contributed by atoms with Gasteiger partial charge in [-0.05, 0) is 19.3 Å². The van der Waals surface area contributed by atoms with Crippen molar-refractivity contribution in [2.75, 3.05) is 0 Å². The summed E-state index contributed by atoms with van der Waals surface area (Å²) in [6.07, 6.45) is 27.1. The molecule has 1 N–H and O–H groups in total. The zero-order valence-corrected chi connectivity index (χ0v) is 18.8. The Morgan fingerprint density at radius 2 is 0.615 bits per heavy atom. The molecule has 0 fully saturated rings. The van der Waals surface area contributed by atoms with Crippen molar-refractivity contribution in [3.63, 3.8) is 0 Å².